The highest BCUT2D eigenvalue weighted by Gasteiger charge is 2.31. The molecule has 3 nitrogen and oxygen atoms in total. The van der Waals surface area contributed by atoms with Gasteiger partial charge in [0.05, 0.1) is 0 Å². The van der Waals surface area contributed by atoms with Crippen LogP contribution >= 0.6 is 0 Å². The fourth-order valence-corrected chi connectivity index (χ4v) is 2.19. The average molecular weight is 247 g/mol. The van der Waals surface area contributed by atoms with Crippen molar-refractivity contribution >= 4 is 5.91 Å². The van der Waals surface area contributed by atoms with Crippen LogP contribution in [0.3, 0.4) is 0 Å². The van der Waals surface area contributed by atoms with Crippen LogP contribution in [0.25, 0.3) is 0 Å². The summed E-state index contributed by atoms with van der Waals surface area (Å²) in [6.07, 6.45) is 3.27. The van der Waals surface area contributed by atoms with Gasteiger partial charge in [-0.3, -0.25) is 4.79 Å². The predicted octanol–water partition coefficient (Wildman–Crippen LogP) is 2.26. The van der Waals surface area contributed by atoms with Gasteiger partial charge in [-0.05, 0) is 31.7 Å². The largest absolute Gasteiger partial charge is 0.396 e. The molecule has 18 heavy (non-hydrogen) atoms. The van der Waals surface area contributed by atoms with Gasteiger partial charge in [-0.15, -0.1) is 0 Å². The zero-order valence-corrected chi connectivity index (χ0v) is 10.9. The second kappa shape index (κ2) is 6.01. The van der Waals surface area contributed by atoms with Crippen molar-refractivity contribution in [1.29, 1.82) is 0 Å². The van der Waals surface area contributed by atoms with Crippen LogP contribution in [0.15, 0.2) is 24.3 Å². The Labute approximate surface area is 108 Å². The number of aliphatic hydroxyl groups is 1. The van der Waals surface area contributed by atoms with E-state index in [9.17, 15) is 4.79 Å². The minimum absolute atomic E-state index is 0.0920. The molecule has 1 aromatic carbocycles. The van der Waals surface area contributed by atoms with E-state index in [-0.39, 0.29) is 12.5 Å². The summed E-state index contributed by atoms with van der Waals surface area (Å²) < 4.78 is 0. The number of carbonyl (C=O) groups excluding carboxylic acids is 1. The van der Waals surface area contributed by atoms with Gasteiger partial charge in [0.25, 0.3) is 0 Å². The van der Waals surface area contributed by atoms with E-state index in [0.29, 0.717) is 25.4 Å². The lowest BCUT2D eigenvalue weighted by Crippen LogP contribution is -2.32. The molecule has 0 heterocycles. The van der Waals surface area contributed by atoms with E-state index >= 15 is 0 Å². The molecule has 1 aliphatic rings. The van der Waals surface area contributed by atoms with Gasteiger partial charge in [0, 0.05) is 25.6 Å². The first kappa shape index (κ1) is 13.1. The van der Waals surface area contributed by atoms with Crippen molar-refractivity contribution in [1.82, 2.24) is 4.90 Å². The van der Waals surface area contributed by atoms with Gasteiger partial charge in [0.2, 0.25) is 5.91 Å². The molecule has 0 atom stereocenters. The highest BCUT2D eigenvalue weighted by atomic mass is 16.3. The summed E-state index contributed by atoms with van der Waals surface area (Å²) in [6, 6.07) is 8.74. The van der Waals surface area contributed by atoms with Gasteiger partial charge in [0.1, 0.15) is 0 Å². The summed E-state index contributed by atoms with van der Waals surface area (Å²) in [6.45, 7) is 2.86. The van der Waals surface area contributed by atoms with Gasteiger partial charge < -0.3 is 10.0 Å². The summed E-state index contributed by atoms with van der Waals surface area (Å²) in [5, 5.41) is 8.81. The molecule has 0 radical (unpaired) electrons. The number of hydrogen-bond donors (Lipinski definition) is 1. The SMILES string of the molecule is Cc1cccc(CN(C(=O)CCCO)C2CC2)c1. The lowest BCUT2D eigenvalue weighted by atomic mass is 10.1. The van der Waals surface area contributed by atoms with E-state index in [1.54, 1.807) is 0 Å². The minimum Gasteiger partial charge on any atom is -0.396 e. The topological polar surface area (TPSA) is 40.5 Å². The second-order valence-corrected chi connectivity index (χ2v) is 5.07. The first-order chi connectivity index (χ1) is 8.70. The zero-order valence-electron chi connectivity index (χ0n) is 10.9. The number of benzene rings is 1. The predicted molar refractivity (Wildman–Crippen MR) is 71.1 cm³/mol. The number of aliphatic hydroxyl groups excluding tert-OH is 1. The number of carbonyl (C=O) groups is 1. The molecule has 0 aliphatic heterocycles. The van der Waals surface area contributed by atoms with E-state index in [1.165, 1.54) is 11.1 Å². The normalized spacial score (nSPS) is 14.6. The van der Waals surface area contributed by atoms with Crippen molar-refractivity contribution in [2.75, 3.05) is 6.61 Å². The average Bonchev–Trinajstić information content (AvgIpc) is 3.17. The van der Waals surface area contributed by atoms with Crippen molar-refractivity contribution in [2.45, 2.75) is 45.2 Å². The molecule has 2 rings (SSSR count). The molecule has 1 fully saturated rings. The summed E-state index contributed by atoms with van der Waals surface area (Å²) in [7, 11) is 0. The highest BCUT2D eigenvalue weighted by Crippen LogP contribution is 2.29. The lowest BCUT2D eigenvalue weighted by Gasteiger charge is -2.22. The molecule has 3 heteroatoms. The molecule has 0 bridgehead atoms. The molecule has 0 aromatic heterocycles. The van der Waals surface area contributed by atoms with Crippen molar-refractivity contribution in [2.24, 2.45) is 0 Å². The maximum Gasteiger partial charge on any atom is 0.223 e. The Bertz CT molecular complexity index is 413. The molecule has 1 saturated carbocycles. The smallest absolute Gasteiger partial charge is 0.223 e. The molecule has 0 saturated heterocycles. The lowest BCUT2D eigenvalue weighted by molar-refractivity contribution is -0.132. The molecule has 1 aliphatic carbocycles. The maximum absolute atomic E-state index is 12.1. The van der Waals surface area contributed by atoms with Crippen molar-refractivity contribution in [3.8, 4) is 0 Å². The van der Waals surface area contributed by atoms with Gasteiger partial charge in [-0.25, -0.2) is 0 Å². The van der Waals surface area contributed by atoms with E-state index in [0.717, 1.165) is 12.8 Å². The van der Waals surface area contributed by atoms with Crippen LogP contribution in [0, 0.1) is 6.92 Å². The van der Waals surface area contributed by atoms with Gasteiger partial charge >= 0.3 is 0 Å². The quantitative estimate of drug-likeness (QED) is 0.837. The van der Waals surface area contributed by atoms with Crippen molar-refractivity contribution in [3.05, 3.63) is 35.4 Å². The van der Waals surface area contributed by atoms with Gasteiger partial charge in [0.15, 0.2) is 0 Å². The molecule has 98 valence electrons. The molecular formula is C15H21NO2. The Hall–Kier alpha value is -1.35. The van der Waals surface area contributed by atoms with Crippen LogP contribution in [0.1, 0.15) is 36.8 Å². The summed E-state index contributed by atoms with van der Waals surface area (Å²) in [5.74, 6) is 0.174. The fourth-order valence-electron chi connectivity index (χ4n) is 2.19. The van der Waals surface area contributed by atoms with Crippen LogP contribution in [-0.2, 0) is 11.3 Å². The molecule has 1 aromatic rings. The molecule has 0 spiro atoms. The highest BCUT2D eigenvalue weighted by molar-refractivity contribution is 5.76. The first-order valence-corrected chi connectivity index (χ1v) is 6.66. The standard InChI is InChI=1S/C15H21NO2/c1-12-4-2-5-13(10-12)11-16(14-7-8-14)15(18)6-3-9-17/h2,4-5,10,14,17H,3,6-9,11H2,1H3. The monoisotopic (exact) mass is 247 g/mol. The summed E-state index contributed by atoms with van der Waals surface area (Å²) in [4.78, 5) is 14.1. The molecular weight excluding hydrogens is 226 g/mol. The third-order valence-electron chi connectivity index (χ3n) is 3.29. The number of nitrogens with zero attached hydrogens (tertiary/aromatic N) is 1. The number of aryl methyl sites for hydroxylation is 1. The minimum atomic E-state index is 0.0920. The molecule has 1 amide bonds. The molecule has 0 unspecified atom stereocenters. The third-order valence-corrected chi connectivity index (χ3v) is 3.29. The Kier molecular flexibility index (Phi) is 4.37. The number of amides is 1. The Morgan fingerprint density at radius 3 is 2.83 bits per heavy atom. The summed E-state index contributed by atoms with van der Waals surface area (Å²) >= 11 is 0. The van der Waals surface area contributed by atoms with E-state index < -0.39 is 0 Å². The Morgan fingerprint density at radius 2 is 2.22 bits per heavy atom. The third kappa shape index (κ3) is 3.57. The van der Waals surface area contributed by atoms with Crippen LogP contribution in [-0.4, -0.2) is 28.6 Å². The van der Waals surface area contributed by atoms with E-state index in [2.05, 4.69) is 25.1 Å². The van der Waals surface area contributed by atoms with E-state index in [1.807, 2.05) is 11.0 Å². The van der Waals surface area contributed by atoms with Crippen LogP contribution in [0.5, 0.6) is 0 Å². The maximum atomic E-state index is 12.1. The second-order valence-electron chi connectivity index (χ2n) is 5.07. The van der Waals surface area contributed by atoms with Gasteiger partial charge in [-0.1, -0.05) is 29.8 Å². The van der Waals surface area contributed by atoms with Crippen molar-refractivity contribution in [3.63, 3.8) is 0 Å². The fraction of sp³-hybridized carbons (Fsp3) is 0.533. The van der Waals surface area contributed by atoms with Crippen LogP contribution in [0.2, 0.25) is 0 Å². The van der Waals surface area contributed by atoms with Crippen LogP contribution in [0.4, 0.5) is 0 Å². The summed E-state index contributed by atoms with van der Waals surface area (Å²) in [5.41, 5.74) is 2.42. The number of rotatable bonds is 6. The van der Waals surface area contributed by atoms with Crippen molar-refractivity contribution < 1.29 is 9.90 Å². The van der Waals surface area contributed by atoms with Gasteiger partial charge in [-0.2, -0.15) is 0 Å². The first-order valence-electron chi connectivity index (χ1n) is 6.66. The Balaban J connectivity index is 2.00. The zero-order chi connectivity index (χ0) is 13.0. The number of hydrogen-bond acceptors (Lipinski definition) is 2. The van der Waals surface area contributed by atoms with Crippen LogP contribution < -0.4 is 0 Å². The Morgan fingerprint density at radius 1 is 1.44 bits per heavy atom. The molecule has 1 N–H and O–H groups in total. The van der Waals surface area contributed by atoms with E-state index in [4.69, 9.17) is 5.11 Å².